The molecule has 0 aliphatic carbocycles. The van der Waals surface area contributed by atoms with Crippen molar-refractivity contribution in [1.82, 2.24) is 0 Å². The lowest BCUT2D eigenvalue weighted by molar-refractivity contribution is -0.110. The Balaban J connectivity index is 3.41. The Labute approximate surface area is 101 Å². The van der Waals surface area contributed by atoms with Gasteiger partial charge in [0.15, 0.2) is 5.78 Å². The van der Waals surface area contributed by atoms with Crippen LogP contribution in [-0.4, -0.2) is 5.78 Å². The van der Waals surface area contributed by atoms with Gasteiger partial charge in [0.05, 0.1) is 0 Å². The van der Waals surface area contributed by atoms with E-state index in [9.17, 15) is 4.79 Å². The molecule has 0 fully saturated rings. The number of carbonyl (C=O) groups is 1. The maximum atomic E-state index is 11.3. The highest BCUT2D eigenvalue weighted by Gasteiger charge is 1.90. The van der Waals surface area contributed by atoms with Crippen LogP contribution in [0.25, 0.3) is 0 Å². The molecule has 0 aliphatic heterocycles. The van der Waals surface area contributed by atoms with E-state index in [0.717, 1.165) is 12.0 Å². The molecule has 0 N–H and O–H groups in total. The Bertz CT molecular complexity index is 232. The molecule has 0 rings (SSSR count). The summed E-state index contributed by atoms with van der Waals surface area (Å²) in [7, 11) is 0. The average molecular weight is 222 g/mol. The second kappa shape index (κ2) is 10.7. The number of ketones is 1. The van der Waals surface area contributed by atoms with Crippen LogP contribution in [0.4, 0.5) is 0 Å². The number of carbonyl (C=O) groups excluding carboxylic acids is 1. The Morgan fingerprint density at radius 3 is 2.25 bits per heavy atom. The van der Waals surface area contributed by atoms with Crippen LogP contribution < -0.4 is 0 Å². The van der Waals surface area contributed by atoms with Gasteiger partial charge in [0.1, 0.15) is 0 Å². The molecule has 0 atom stereocenters. The number of rotatable bonds is 9. The monoisotopic (exact) mass is 222 g/mol. The third kappa shape index (κ3) is 11.2. The van der Waals surface area contributed by atoms with E-state index in [1.54, 1.807) is 12.2 Å². The fourth-order valence-electron chi connectivity index (χ4n) is 1.57. The first-order valence-electron chi connectivity index (χ1n) is 6.52. The van der Waals surface area contributed by atoms with Crippen LogP contribution in [0.15, 0.2) is 23.8 Å². The second-order valence-electron chi connectivity index (χ2n) is 4.58. The predicted octanol–water partition coefficient (Wildman–Crippen LogP) is 4.83. The van der Waals surface area contributed by atoms with E-state index in [2.05, 4.69) is 6.92 Å². The summed E-state index contributed by atoms with van der Waals surface area (Å²) >= 11 is 0. The molecule has 0 aliphatic rings. The molecular formula is C15H26O. The normalized spacial score (nSPS) is 10.7. The zero-order valence-corrected chi connectivity index (χ0v) is 11.1. The van der Waals surface area contributed by atoms with Gasteiger partial charge in [0.25, 0.3) is 0 Å². The summed E-state index contributed by atoms with van der Waals surface area (Å²) in [4.78, 5) is 11.3. The van der Waals surface area contributed by atoms with E-state index in [-0.39, 0.29) is 5.78 Å². The van der Waals surface area contributed by atoms with E-state index in [1.165, 1.54) is 38.5 Å². The molecule has 92 valence electrons. The van der Waals surface area contributed by atoms with Crippen molar-refractivity contribution in [3.05, 3.63) is 23.8 Å². The Morgan fingerprint density at radius 2 is 1.62 bits per heavy atom. The zero-order chi connectivity index (χ0) is 12.2. The summed E-state index contributed by atoms with van der Waals surface area (Å²) in [5, 5.41) is 0. The van der Waals surface area contributed by atoms with Crippen molar-refractivity contribution in [2.45, 2.75) is 65.7 Å². The highest BCUT2D eigenvalue weighted by molar-refractivity contribution is 5.99. The van der Waals surface area contributed by atoms with Gasteiger partial charge in [0.2, 0.25) is 0 Å². The molecule has 16 heavy (non-hydrogen) atoms. The zero-order valence-electron chi connectivity index (χ0n) is 11.1. The minimum atomic E-state index is 0.117. The molecule has 0 bridgehead atoms. The van der Waals surface area contributed by atoms with Crippen molar-refractivity contribution >= 4 is 5.78 Å². The van der Waals surface area contributed by atoms with Gasteiger partial charge in [-0.2, -0.15) is 0 Å². The number of hydrogen-bond acceptors (Lipinski definition) is 1. The molecule has 0 saturated carbocycles. The summed E-state index contributed by atoms with van der Waals surface area (Å²) in [6.45, 7) is 6.12. The van der Waals surface area contributed by atoms with Crippen LogP contribution in [-0.2, 0) is 4.79 Å². The number of allylic oxidation sites excluding steroid dienone is 4. The van der Waals surface area contributed by atoms with Gasteiger partial charge in [0, 0.05) is 0 Å². The molecule has 0 radical (unpaired) electrons. The summed E-state index contributed by atoms with van der Waals surface area (Å²) in [6, 6.07) is 0. The van der Waals surface area contributed by atoms with Crippen LogP contribution in [0.5, 0.6) is 0 Å². The minimum absolute atomic E-state index is 0.117. The van der Waals surface area contributed by atoms with Crippen LogP contribution in [0.3, 0.4) is 0 Å². The van der Waals surface area contributed by atoms with E-state index in [0.29, 0.717) is 0 Å². The lowest BCUT2D eigenvalue weighted by Gasteiger charge is -1.97. The van der Waals surface area contributed by atoms with Gasteiger partial charge in [-0.25, -0.2) is 0 Å². The van der Waals surface area contributed by atoms with Gasteiger partial charge in [-0.1, -0.05) is 50.7 Å². The fraction of sp³-hybridized carbons (Fsp3) is 0.667. The molecule has 1 heteroatoms. The molecule has 0 unspecified atom stereocenters. The standard InChI is InChI=1S/C15H26O/c1-4-5-6-7-8-9-10-11-12-15(16)13-14(2)3/h11-13H,4-10H2,1-3H3/b12-11+. The highest BCUT2D eigenvalue weighted by atomic mass is 16.1. The van der Waals surface area contributed by atoms with Crippen LogP contribution in [0, 0.1) is 0 Å². The lowest BCUT2D eigenvalue weighted by atomic mass is 10.1. The average Bonchev–Trinajstić information content (AvgIpc) is 2.21. The summed E-state index contributed by atoms with van der Waals surface area (Å²) in [6.07, 6.45) is 14.3. The van der Waals surface area contributed by atoms with Crippen LogP contribution in [0.1, 0.15) is 65.7 Å². The fourth-order valence-corrected chi connectivity index (χ4v) is 1.57. The number of unbranched alkanes of at least 4 members (excludes halogenated alkanes) is 6. The minimum Gasteiger partial charge on any atom is -0.290 e. The van der Waals surface area contributed by atoms with Gasteiger partial charge in [-0.05, 0) is 38.8 Å². The number of hydrogen-bond donors (Lipinski definition) is 0. The SMILES string of the molecule is CCCCCCCC/C=C/C(=O)C=C(C)C. The molecule has 1 nitrogen and oxygen atoms in total. The van der Waals surface area contributed by atoms with Gasteiger partial charge in [-0.15, -0.1) is 0 Å². The van der Waals surface area contributed by atoms with Crippen LogP contribution in [0.2, 0.25) is 0 Å². The summed E-state index contributed by atoms with van der Waals surface area (Å²) < 4.78 is 0. The highest BCUT2D eigenvalue weighted by Crippen LogP contribution is 2.07. The first kappa shape index (κ1) is 15.2. The van der Waals surface area contributed by atoms with Crippen molar-refractivity contribution < 1.29 is 4.79 Å². The molecule has 0 heterocycles. The van der Waals surface area contributed by atoms with Gasteiger partial charge in [-0.3, -0.25) is 4.79 Å². The third-order valence-corrected chi connectivity index (χ3v) is 2.44. The van der Waals surface area contributed by atoms with Crippen molar-refractivity contribution in [2.24, 2.45) is 0 Å². The van der Waals surface area contributed by atoms with Crippen molar-refractivity contribution in [3.8, 4) is 0 Å². The van der Waals surface area contributed by atoms with Gasteiger partial charge >= 0.3 is 0 Å². The van der Waals surface area contributed by atoms with Gasteiger partial charge < -0.3 is 0 Å². The molecule has 0 saturated heterocycles. The summed E-state index contributed by atoms with van der Waals surface area (Å²) in [5.74, 6) is 0.117. The molecule has 0 amide bonds. The van der Waals surface area contributed by atoms with Crippen molar-refractivity contribution in [3.63, 3.8) is 0 Å². The summed E-state index contributed by atoms with van der Waals surface area (Å²) in [5.41, 5.74) is 1.06. The van der Waals surface area contributed by atoms with E-state index < -0.39 is 0 Å². The Hall–Kier alpha value is -0.850. The second-order valence-corrected chi connectivity index (χ2v) is 4.58. The quantitative estimate of drug-likeness (QED) is 0.403. The third-order valence-electron chi connectivity index (χ3n) is 2.44. The smallest absolute Gasteiger partial charge is 0.178 e. The maximum absolute atomic E-state index is 11.3. The Morgan fingerprint density at radius 1 is 1.00 bits per heavy atom. The van der Waals surface area contributed by atoms with E-state index >= 15 is 0 Å². The first-order valence-corrected chi connectivity index (χ1v) is 6.52. The Kier molecular flexibility index (Phi) is 10.1. The lowest BCUT2D eigenvalue weighted by Crippen LogP contribution is -1.86. The van der Waals surface area contributed by atoms with Crippen LogP contribution >= 0.6 is 0 Å². The molecule has 0 aromatic carbocycles. The molecule has 0 spiro atoms. The predicted molar refractivity (Wildman–Crippen MR) is 71.6 cm³/mol. The van der Waals surface area contributed by atoms with Crippen molar-refractivity contribution in [1.29, 1.82) is 0 Å². The van der Waals surface area contributed by atoms with E-state index in [1.807, 2.05) is 19.9 Å². The largest absolute Gasteiger partial charge is 0.290 e. The molecular weight excluding hydrogens is 196 g/mol. The van der Waals surface area contributed by atoms with Crippen molar-refractivity contribution in [2.75, 3.05) is 0 Å². The maximum Gasteiger partial charge on any atom is 0.178 e. The molecule has 0 aromatic heterocycles. The topological polar surface area (TPSA) is 17.1 Å². The first-order chi connectivity index (χ1) is 7.66. The van der Waals surface area contributed by atoms with E-state index in [4.69, 9.17) is 0 Å². The molecule has 0 aromatic rings.